The minimum atomic E-state index is -3.70. The zero-order valence-electron chi connectivity index (χ0n) is 14.3. The third kappa shape index (κ3) is 4.12. The summed E-state index contributed by atoms with van der Waals surface area (Å²) in [5.41, 5.74) is 2.69. The highest BCUT2D eigenvalue weighted by atomic mass is 32.2. The fourth-order valence-corrected chi connectivity index (χ4v) is 4.07. The van der Waals surface area contributed by atoms with Crippen LogP contribution < -0.4 is 10.0 Å². The monoisotopic (exact) mass is 386 g/mol. The number of benzene rings is 2. The van der Waals surface area contributed by atoms with Crippen LogP contribution in [0.4, 0.5) is 11.4 Å². The normalized spacial score (nSPS) is 11.2. The molecule has 2 N–H and O–H groups in total. The first-order valence-electron chi connectivity index (χ1n) is 7.90. The summed E-state index contributed by atoms with van der Waals surface area (Å²) >= 11 is 1.34. The quantitative estimate of drug-likeness (QED) is 0.682. The molecule has 1 heterocycles. The molecule has 0 fully saturated rings. The molecule has 0 saturated carbocycles. The van der Waals surface area contributed by atoms with E-state index < -0.39 is 10.0 Å². The van der Waals surface area contributed by atoms with Crippen molar-refractivity contribution in [3.05, 3.63) is 76.0 Å². The Labute approximate surface area is 156 Å². The smallest absolute Gasteiger partial charge is 0.265 e. The lowest BCUT2D eigenvalue weighted by molar-refractivity contribution is 0.103. The first-order chi connectivity index (χ1) is 12.3. The third-order valence-electron chi connectivity index (χ3n) is 3.82. The van der Waals surface area contributed by atoms with E-state index in [-0.39, 0.29) is 10.8 Å². The molecular formula is C19H18N2O3S2. The van der Waals surface area contributed by atoms with Gasteiger partial charge in [-0.05, 0) is 55.1 Å². The number of hydrogen-bond acceptors (Lipinski definition) is 4. The van der Waals surface area contributed by atoms with E-state index in [4.69, 9.17) is 0 Å². The Kier molecular flexibility index (Phi) is 5.11. The molecule has 5 nitrogen and oxygen atoms in total. The van der Waals surface area contributed by atoms with Crippen LogP contribution in [0.3, 0.4) is 0 Å². The molecule has 0 spiro atoms. The van der Waals surface area contributed by atoms with E-state index in [1.165, 1.54) is 11.3 Å². The molecule has 7 heteroatoms. The van der Waals surface area contributed by atoms with Crippen LogP contribution in [-0.4, -0.2) is 14.3 Å². The van der Waals surface area contributed by atoms with Crippen molar-refractivity contribution in [1.29, 1.82) is 0 Å². The van der Waals surface area contributed by atoms with E-state index in [1.54, 1.807) is 61.5 Å². The Morgan fingerprint density at radius 1 is 1.00 bits per heavy atom. The van der Waals surface area contributed by atoms with Gasteiger partial charge in [-0.3, -0.25) is 9.52 Å². The van der Waals surface area contributed by atoms with E-state index in [1.807, 2.05) is 12.3 Å². The summed E-state index contributed by atoms with van der Waals surface area (Å²) in [6, 6.07) is 15.3. The lowest BCUT2D eigenvalue weighted by Gasteiger charge is -2.13. The average Bonchev–Trinajstić information content (AvgIpc) is 3.13. The minimum Gasteiger partial charge on any atom is -0.321 e. The number of rotatable bonds is 5. The maximum absolute atomic E-state index is 12.6. The summed E-state index contributed by atoms with van der Waals surface area (Å²) in [6.45, 7) is 3.70. The predicted molar refractivity (Wildman–Crippen MR) is 105 cm³/mol. The molecule has 1 amide bonds. The van der Waals surface area contributed by atoms with Crippen molar-refractivity contribution in [3.63, 3.8) is 0 Å². The second-order valence-corrected chi connectivity index (χ2v) is 8.51. The average molecular weight is 386 g/mol. The van der Waals surface area contributed by atoms with E-state index in [9.17, 15) is 13.2 Å². The molecule has 0 unspecified atom stereocenters. The lowest BCUT2D eigenvalue weighted by atomic mass is 10.2. The summed E-state index contributed by atoms with van der Waals surface area (Å²) in [7, 11) is -3.70. The van der Waals surface area contributed by atoms with Crippen molar-refractivity contribution in [3.8, 4) is 0 Å². The summed E-state index contributed by atoms with van der Waals surface area (Å²) in [5.74, 6) is -0.226. The van der Waals surface area contributed by atoms with Gasteiger partial charge in [0.1, 0.15) is 0 Å². The van der Waals surface area contributed by atoms with Gasteiger partial charge in [0, 0.05) is 5.69 Å². The zero-order chi connectivity index (χ0) is 18.7. The van der Waals surface area contributed by atoms with Crippen molar-refractivity contribution in [2.45, 2.75) is 18.7 Å². The molecule has 0 aliphatic carbocycles. The molecule has 0 radical (unpaired) electrons. The molecule has 134 valence electrons. The molecule has 3 aromatic rings. The predicted octanol–water partition coefficient (Wildman–Crippen LogP) is 4.42. The Bertz CT molecular complexity index is 1030. The number of anilines is 2. The van der Waals surface area contributed by atoms with Gasteiger partial charge in [0.15, 0.2) is 0 Å². The van der Waals surface area contributed by atoms with Crippen LogP contribution >= 0.6 is 11.3 Å². The third-order valence-corrected chi connectivity index (χ3v) is 6.07. The number of aryl methyl sites for hydroxylation is 2. The van der Waals surface area contributed by atoms with Gasteiger partial charge in [0.2, 0.25) is 0 Å². The van der Waals surface area contributed by atoms with Crippen molar-refractivity contribution < 1.29 is 13.2 Å². The molecule has 0 aliphatic heterocycles. The number of nitrogens with one attached hydrogen (secondary N) is 2. The molecule has 2 aromatic carbocycles. The van der Waals surface area contributed by atoms with Crippen molar-refractivity contribution in [2.75, 3.05) is 10.0 Å². The molecular weight excluding hydrogens is 368 g/mol. The number of amides is 1. The van der Waals surface area contributed by atoms with Gasteiger partial charge in [0.05, 0.1) is 15.5 Å². The van der Waals surface area contributed by atoms with Crippen LogP contribution in [0.5, 0.6) is 0 Å². The zero-order valence-corrected chi connectivity index (χ0v) is 15.9. The largest absolute Gasteiger partial charge is 0.321 e. The van der Waals surface area contributed by atoms with Crippen molar-refractivity contribution in [2.24, 2.45) is 0 Å². The number of carbonyl (C=O) groups is 1. The lowest BCUT2D eigenvalue weighted by Crippen LogP contribution is -2.15. The van der Waals surface area contributed by atoms with Gasteiger partial charge in [0.25, 0.3) is 15.9 Å². The molecule has 0 aliphatic rings. The van der Waals surface area contributed by atoms with Crippen molar-refractivity contribution in [1.82, 2.24) is 0 Å². The minimum absolute atomic E-state index is 0.190. The van der Waals surface area contributed by atoms with Crippen LogP contribution in [0.25, 0.3) is 0 Å². The molecule has 1 aromatic heterocycles. The summed E-state index contributed by atoms with van der Waals surface area (Å²) in [5, 5.41) is 4.61. The van der Waals surface area contributed by atoms with Crippen molar-refractivity contribution >= 4 is 38.6 Å². The van der Waals surface area contributed by atoms with Crippen LogP contribution in [0.15, 0.2) is 64.9 Å². The van der Waals surface area contributed by atoms with Crippen LogP contribution in [-0.2, 0) is 10.0 Å². The molecule has 0 bridgehead atoms. The standard InChI is InChI=1S/C19H18N2O3S2/c1-13-5-9-16(10-6-13)26(23,24)21-17-12-15(8-7-14(17)2)20-19(22)18-4-3-11-25-18/h3-12,21H,1-2H3,(H,20,22). The van der Waals surface area contributed by atoms with Crippen LogP contribution in [0.2, 0.25) is 0 Å². The van der Waals surface area contributed by atoms with E-state index in [2.05, 4.69) is 10.0 Å². The van der Waals surface area contributed by atoms with Gasteiger partial charge in [-0.2, -0.15) is 0 Å². The highest BCUT2D eigenvalue weighted by molar-refractivity contribution is 7.92. The molecule has 0 atom stereocenters. The van der Waals surface area contributed by atoms with Gasteiger partial charge < -0.3 is 5.32 Å². The molecule has 26 heavy (non-hydrogen) atoms. The van der Waals surface area contributed by atoms with Gasteiger partial charge >= 0.3 is 0 Å². The van der Waals surface area contributed by atoms with Crippen LogP contribution in [0.1, 0.15) is 20.8 Å². The van der Waals surface area contributed by atoms with E-state index in [0.29, 0.717) is 16.3 Å². The van der Waals surface area contributed by atoms with E-state index >= 15 is 0 Å². The fraction of sp³-hybridized carbons (Fsp3) is 0.105. The topological polar surface area (TPSA) is 75.3 Å². The number of hydrogen-bond donors (Lipinski definition) is 2. The van der Waals surface area contributed by atoms with Gasteiger partial charge in [-0.1, -0.05) is 29.8 Å². The summed E-state index contributed by atoms with van der Waals surface area (Å²) in [6.07, 6.45) is 0. The SMILES string of the molecule is Cc1ccc(S(=O)(=O)Nc2cc(NC(=O)c3cccs3)ccc2C)cc1. The van der Waals surface area contributed by atoms with Gasteiger partial charge in [-0.25, -0.2) is 8.42 Å². The van der Waals surface area contributed by atoms with E-state index in [0.717, 1.165) is 11.1 Å². The first-order valence-corrected chi connectivity index (χ1v) is 10.3. The highest BCUT2D eigenvalue weighted by Gasteiger charge is 2.16. The van der Waals surface area contributed by atoms with Gasteiger partial charge in [-0.15, -0.1) is 11.3 Å². The Hall–Kier alpha value is -2.64. The Morgan fingerprint density at radius 2 is 1.73 bits per heavy atom. The first kappa shape index (κ1) is 18.2. The second kappa shape index (κ2) is 7.31. The second-order valence-electron chi connectivity index (χ2n) is 5.88. The Balaban J connectivity index is 1.83. The maximum Gasteiger partial charge on any atom is 0.265 e. The Morgan fingerprint density at radius 3 is 2.38 bits per heavy atom. The summed E-state index contributed by atoms with van der Waals surface area (Å²) in [4.78, 5) is 13.0. The highest BCUT2D eigenvalue weighted by Crippen LogP contribution is 2.24. The number of carbonyl (C=O) groups excluding carboxylic acids is 1. The maximum atomic E-state index is 12.6. The number of sulfonamides is 1. The molecule has 3 rings (SSSR count). The molecule has 0 saturated heterocycles. The summed E-state index contributed by atoms with van der Waals surface area (Å²) < 4.78 is 27.8. The van der Waals surface area contributed by atoms with Crippen LogP contribution in [0, 0.1) is 13.8 Å². The number of thiophene rings is 1. The fourth-order valence-electron chi connectivity index (χ4n) is 2.33.